The zero-order valence-corrected chi connectivity index (χ0v) is 10.1. The minimum Gasteiger partial charge on any atom is -0.465 e. The second-order valence-corrected chi connectivity index (χ2v) is 3.57. The molecule has 0 atom stereocenters. The molecule has 0 bridgehead atoms. The molecule has 1 aromatic carbocycles. The summed E-state index contributed by atoms with van der Waals surface area (Å²) in [5.41, 5.74) is 8.83. The van der Waals surface area contributed by atoms with Crippen LogP contribution >= 0.6 is 0 Å². The predicted molar refractivity (Wildman–Crippen MR) is 67.7 cm³/mol. The van der Waals surface area contributed by atoms with E-state index in [9.17, 15) is 4.79 Å². The maximum atomic E-state index is 11.5. The van der Waals surface area contributed by atoms with Gasteiger partial charge in [0.1, 0.15) is 17.0 Å². The maximum Gasteiger partial charge on any atom is 0.267 e. The first-order chi connectivity index (χ1) is 9.26. The van der Waals surface area contributed by atoms with E-state index in [0.29, 0.717) is 11.3 Å². The number of aromatic nitrogens is 1. The first kappa shape index (κ1) is 12.8. The number of ether oxygens (including phenoxy) is 2. The Hall–Kier alpha value is -2.63. The molecular weight excluding hydrogens is 248 g/mol. The van der Waals surface area contributed by atoms with Gasteiger partial charge in [-0.05, 0) is 22.8 Å². The van der Waals surface area contributed by atoms with Crippen molar-refractivity contribution in [3.05, 3.63) is 46.5 Å². The van der Waals surface area contributed by atoms with Gasteiger partial charge in [0.25, 0.3) is 5.91 Å². The third kappa shape index (κ3) is 2.79. The molecule has 0 fully saturated rings. The van der Waals surface area contributed by atoms with Crippen LogP contribution in [0.2, 0.25) is 0 Å². The molecular formula is C12H10N4O3. The molecule has 1 heterocycles. The van der Waals surface area contributed by atoms with Crippen LogP contribution in [0.1, 0.15) is 10.5 Å². The predicted octanol–water partition coefficient (Wildman–Crippen LogP) is 2.67. The van der Waals surface area contributed by atoms with Crippen molar-refractivity contribution in [3.63, 3.8) is 0 Å². The number of rotatable bonds is 4. The van der Waals surface area contributed by atoms with Crippen molar-refractivity contribution in [3.8, 4) is 5.75 Å². The van der Waals surface area contributed by atoms with Gasteiger partial charge in [0.15, 0.2) is 6.79 Å². The number of hydrogen-bond acceptors (Lipinski definition) is 4. The lowest BCUT2D eigenvalue weighted by Crippen LogP contribution is -2.02. The Morgan fingerprint density at radius 3 is 3.00 bits per heavy atom. The summed E-state index contributed by atoms with van der Waals surface area (Å²) in [6.45, 7) is 0.0787. The highest BCUT2D eigenvalue weighted by atomic mass is 16.7. The summed E-state index contributed by atoms with van der Waals surface area (Å²) >= 11 is 0. The fourth-order valence-corrected chi connectivity index (χ4v) is 1.57. The zero-order chi connectivity index (χ0) is 13.7. The molecule has 0 radical (unpaired) electrons. The lowest BCUT2D eigenvalue weighted by Gasteiger charge is -2.08. The molecule has 1 aromatic heterocycles. The fourth-order valence-electron chi connectivity index (χ4n) is 1.57. The monoisotopic (exact) mass is 258 g/mol. The molecule has 1 amide bonds. The lowest BCUT2D eigenvalue weighted by molar-refractivity contribution is 0.0521. The van der Waals surface area contributed by atoms with Gasteiger partial charge >= 0.3 is 0 Å². The van der Waals surface area contributed by atoms with Gasteiger partial charge in [-0.25, -0.2) is 4.98 Å². The summed E-state index contributed by atoms with van der Waals surface area (Å²) in [6, 6.07) is 8.57. The van der Waals surface area contributed by atoms with E-state index >= 15 is 0 Å². The van der Waals surface area contributed by atoms with Gasteiger partial charge in [0, 0.05) is 17.4 Å². The van der Waals surface area contributed by atoms with Crippen molar-refractivity contribution in [2.45, 2.75) is 0 Å². The van der Waals surface area contributed by atoms with Crippen LogP contribution in [0.4, 0.5) is 0 Å². The normalized spacial score (nSPS) is 9.95. The lowest BCUT2D eigenvalue weighted by atomic mass is 10.2. The maximum absolute atomic E-state index is 11.5. The van der Waals surface area contributed by atoms with Crippen molar-refractivity contribution in [2.24, 2.45) is 5.11 Å². The highest BCUT2D eigenvalue weighted by Gasteiger charge is 2.09. The minimum absolute atomic E-state index is 0.0683. The summed E-state index contributed by atoms with van der Waals surface area (Å²) in [7, 11) is 1.51. The number of nitrogens with zero attached hydrogens (tertiary/aromatic N) is 4. The minimum atomic E-state index is -0.731. The molecule has 0 saturated carbocycles. The Morgan fingerprint density at radius 2 is 2.26 bits per heavy atom. The van der Waals surface area contributed by atoms with Gasteiger partial charge in [0.05, 0.1) is 0 Å². The van der Waals surface area contributed by atoms with Crippen LogP contribution in [0.3, 0.4) is 0 Å². The quantitative estimate of drug-likeness (QED) is 0.364. The summed E-state index contributed by atoms with van der Waals surface area (Å²) in [5, 5.41) is 3.82. The van der Waals surface area contributed by atoms with Crippen LogP contribution in [0.25, 0.3) is 21.3 Å². The van der Waals surface area contributed by atoms with Crippen molar-refractivity contribution in [1.29, 1.82) is 0 Å². The number of para-hydroxylation sites is 1. The van der Waals surface area contributed by atoms with Gasteiger partial charge in [-0.2, -0.15) is 0 Å². The average molecular weight is 258 g/mol. The number of carbonyl (C=O) groups excluding carboxylic acids is 1. The Labute approximate surface area is 108 Å². The molecule has 2 rings (SSSR count). The number of benzene rings is 1. The highest BCUT2D eigenvalue weighted by molar-refractivity contribution is 5.96. The van der Waals surface area contributed by atoms with Gasteiger partial charge in [0.2, 0.25) is 0 Å². The first-order valence-corrected chi connectivity index (χ1v) is 5.37. The van der Waals surface area contributed by atoms with E-state index in [1.165, 1.54) is 13.2 Å². The Balaban J connectivity index is 2.49. The van der Waals surface area contributed by atoms with E-state index < -0.39 is 5.91 Å². The van der Waals surface area contributed by atoms with Gasteiger partial charge in [-0.3, -0.25) is 4.79 Å². The van der Waals surface area contributed by atoms with E-state index in [1.54, 1.807) is 12.1 Å². The summed E-state index contributed by atoms with van der Waals surface area (Å²) in [5.74, 6) is -0.235. The van der Waals surface area contributed by atoms with Crippen molar-refractivity contribution in [1.82, 2.24) is 4.98 Å². The highest BCUT2D eigenvalue weighted by Crippen LogP contribution is 2.24. The molecule has 19 heavy (non-hydrogen) atoms. The number of hydrogen-bond donors (Lipinski definition) is 0. The second-order valence-electron chi connectivity index (χ2n) is 3.57. The number of methoxy groups -OCH3 is 1. The molecule has 0 aliphatic heterocycles. The molecule has 96 valence electrons. The van der Waals surface area contributed by atoms with E-state index in [2.05, 4.69) is 15.0 Å². The number of carbonyl (C=O) groups is 1. The smallest absolute Gasteiger partial charge is 0.267 e. The van der Waals surface area contributed by atoms with E-state index in [4.69, 9.17) is 15.0 Å². The van der Waals surface area contributed by atoms with Gasteiger partial charge in [-0.1, -0.05) is 18.2 Å². The Morgan fingerprint density at radius 1 is 1.42 bits per heavy atom. The molecule has 2 aromatic rings. The molecule has 0 aliphatic carbocycles. The molecule has 7 heteroatoms. The second kappa shape index (κ2) is 5.81. The van der Waals surface area contributed by atoms with E-state index in [-0.39, 0.29) is 12.5 Å². The van der Waals surface area contributed by atoms with Crippen LogP contribution in [0, 0.1) is 0 Å². The topological polar surface area (TPSA) is 97.2 Å². The van der Waals surface area contributed by atoms with Gasteiger partial charge in [-0.15, -0.1) is 0 Å². The van der Waals surface area contributed by atoms with Crippen LogP contribution < -0.4 is 4.74 Å². The summed E-state index contributed by atoms with van der Waals surface area (Å²) < 4.78 is 10.2. The van der Waals surface area contributed by atoms with Crippen LogP contribution in [-0.2, 0) is 4.74 Å². The van der Waals surface area contributed by atoms with E-state index in [0.717, 1.165) is 5.39 Å². The number of fused-ring (bicyclic) bond motifs is 1. The average Bonchev–Trinajstić information content (AvgIpc) is 2.44. The molecule has 0 saturated heterocycles. The molecule has 0 N–H and O–H groups in total. The first-order valence-electron chi connectivity index (χ1n) is 5.37. The van der Waals surface area contributed by atoms with E-state index in [1.807, 2.05) is 12.1 Å². The Kier molecular flexibility index (Phi) is 3.92. The number of azide groups is 1. The molecule has 0 unspecified atom stereocenters. The van der Waals surface area contributed by atoms with Gasteiger partial charge < -0.3 is 9.47 Å². The van der Waals surface area contributed by atoms with Crippen molar-refractivity contribution >= 4 is 16.8 Å². The summed E-state index contributed by atoms with van der Waals surface area (Å²) in [6.07, 6.45) is 0. The third-order valence-corrected chi connectivity index (χ3v) is 2.37. The van der Waals surface area contributed by atoms with Crippen LogP contribution in [-0.4, -0.2) is 24.8 Å². The molecule has 0 aliphatic rings. The van der Waals surface area contributed by atoms with Crippen LogP contribution in [0.5, 0.6) is 5.75 Å². The zero-order valence-electron chi connectivity index (χ0n) is 10.1. The SMILES string of the molecule is COCOc1cccc2ccc(C(=O)N=[N+]=[N-])nc12. The largest absolute Gasteiger partial charge is 0.465 e. The third-order valence-electron chi connectivity index (χ3n) is 2.37. The number of amides is 1. The summed E-state index contributed by atoms with van der Waals surface area (Å²) in [4.78, 5) is 18.1. The fraction of sp³-hybridized carbons (Fsp3) is 0.167. The number of pyridine rings is 1. The molecule has 0 spiro atoms. The van der Waals surface area contributed by atoms with Crippen LogP contribution in [0.15, 0.2) is 35.4 Å². The standard InChI is InChI=1S/C12H10N4O3/c1-18-7-19-10-4-2-3-8-5-6-9(14-11(8)10)12(17)15-16-13/h2-6H,7H2,1H3. The van der Waals surface area contributed by atoms with Crippen molar-refractivity contribution in [2.75, 3.05) is 13.9 Å². The Bertz CT molecular complexity index is 665. The molecule has 7 nitrogen and oxygen atoms in total. The van der Waals surface area contributed by atoms with Crippen molar-refractivity contribution < 1.29 is 14.3 Å².